The molecule has 1 aromatic rings. The van der Waals surface area contributed by atoms with E-state index in [4.69, 9.17) is 9.73 Å². The maximum atomic E-state index is 5.10. The highest BCUT2D eigenvalue weighted by atomic mass is 16.5. The van der Waals surface area contributed by atoms with E-state index in [-0.39, 0.29) is 6.04 Å². The average Bonchev–Trinajstić information content (AvgIpc) is 3.01. The van der Waals surface area contributed by atoms with Crippen LogP contribution in [0.4, 0.5) is 0 Å². The number of nitrogens with one attached hydrogen (secondary N) is 2. The van der Waals surface area contributed by atoms with E-state index in [1.54, 1.807) is 7.11 Å². The van der Waals surface area contributed by atoms with Crippen molar-refractivity contribution in [3.05, 3.63) is 18.0 Å². The molecule has 0 saturated heterocycles. The van der Waals surface area contributed by atoms with Gasteiger partial charge in [0.15, 0.2) is 5.96 Å². The van der Waals surface area contributed by atoms with Crippen molar-refractivity contribution in [2.45, 2.75) is 19.4 Å². The second kappa shape index (κ2) is 12.7. The zero-order valence-corrected chi connectivity index (χ0v) is 17.3. The molecule has 8 nitrogen and oxygen atoms in total. The lowest BCUT2D eigenvalue weighted by Crippen LogP contribution is -2.41. The minimum atomic E-state index is 0.205. The van der Waals surface area contributed by atoms with Crippen molar-refractivity contribution >= 4 is 5.96 Å². The fraction of sp³-hybridized carbons (Fsp3) is 0.778. The van der Waals surface area contributed by atoms with Gasteiger partial charge in [-0.2, -0.15) is 5.10 Å². The van der Waals surface area contributed by atoms with Gasteiger partial charge in [-0.25, -0.2) is 0 Å². The normalized spacial score (nSPS) is 13.5. The number of aromatic nitrogens is 2. The minimum Gasteiger partial charge on any atom is -0.385 e. The van der Waals surface area contributed by atoms with E-state index in [0.717, 1.165) is 45.2 Å². The van der Waals surface area contributed by atoms with E-state index in [0.29, 0.717) is 6.54 Å². The highest BCUT2D eigenvalue weighted by Crippen LogP contribution is 2.17. The molecule has 1 atom stereocenters. The quantitative estimate of drug-likeness (QED) is 0.319. The number of hydrogen-bond acceptors (Lipinski definition) is 5. The van der Waals surface area contributed by atoms with Gasteiger partial charge in [-0.15, -0.1) is 0 Å². The van der Waals surface area contributed by atoms with Gasteiger partial charge >= 0.3 is 0 Å². The third kappa shape index (κ3) is 8.64. The molecular formula is C18H37N7O. The Balaban J connectivity index is 2.53. The summed E-state index contributed by atoms with van der Waals surface area (Å²) in [6, 6.07) is 0.205. The number of rotatable bonds is 12. The van der Waals surface area contributed by atoms with Gasteiger partial charge in [-0.05, 0) is 34.5 Å². The van der Waals surface area contributed by atoms with Crippen molar-refractivity contribution in [1.29, 1.82) is 0 Å². The number of likely N-dealkylation sites (N-methyl/N-ethyl adjacent to an activating group) is 2. The molecule has 1 aromatic heterocycles. The van der Waals surface area contributed by atoms with Crippen molar-refractivity contribution in [3.8, 4) is 0 Å². The van der Waals surface area contributed by atoms with Crippen molar-refractivity contribution < 1.29 is 4.74 Å². The summed E-state index contributed by atoms with van der Waals surface area (Å²) in [4.78, 5) is 9.24. The maximum Gasteiger partial charge on any atom is 0.191 e. The number of guanidine groups is 1. The molecule has 0 spiro atoms. The highest BCUT2D eigenvalue weighted by molar-refractivity contribution is 5.79. The third-order valence-electron chi connectivity index (χ3n) is 4.17. The fourth-order valence-corrected chi connectivity index (χ4v) is 2.65. The molecule has 0 fully saturated rings. The van der Waals surface area contributed by atoms with Crippen LogP contribution in [0.25, 0.3) is 0 Å². The van der Waals surface area contributed by atoms with Gasteiger partial charge < -0.3 is 25.2 Å². The second-order valence-corrected chi connectivity index (χ2v) is 6.72. The van der Waals surface area contributed by atoms with Crippen molar-refractivity contribution in [3.63, 3.8) is 0 Å². The highest BCUT2D eigenvalue weighted by Gasteiger charge is 2.15. The summed E-state index contributed by atoms with van der Waals surface area (Å²) in [5.41, 5.74) is 1.18. The molecule has 0 bridgehead atoms. The Labute approximate surface area is 158 Å². The summed E-state index contributed by atoms with van der Waals surface area (Å²) in [7, 11) is 9.96. The summed E-state index contributed by atoms with van der Waals surface area (Å²) in [6.45, 7) is 7.27. The molecule has 0 aliphatic heterocycles. The molecular weight excluding hydrogens is 330 g/mol. The molecule has 0 aliphatic carbocycles. The lowest BCUT2D eigenvalue weighted by atomic mass is 10.1. The maximum absolute atomic E-state index is 5.10. The first-order chi connectivity index (χ1) is 12.5. The summed E-state index contributed by atoms with van der Waals surface area (Å²) >= 11 is 0. The van der Waals surface area contributed by atoms with Crippen LogP contribution in [0.5, 0.6) is 0 Å². The first-order valence-corrected chi connectivity index (χ1v) is 9.32. The molecule has 0 radical (unpaired) electrons. The van der Waals surface area contributed by atoms with Gasteiger partial charge in [0.05, 0.1) is 18.8 Å². The predicted octanol–water partition coefficient (Wildman–Crippen LogP) is 0.546. The number of methoxy groups -OCH3 is 1. The summed E-state index contributed by atoms with van der Waals surface area (Å²) in [5, 5.41) is 11.0. The van der Waals surface area contributed by atoms with E-state index >= 15 is 0 Å². The molecule has 1 rings (SSSR count). The van der Waals surface area contributed by atoms with Gasteiger partial charge in [0.2, 0.25) is 0 Å². The Bertz CT molecular complexity index is 515. The summed E-state index contributed by atoms with van der Waals surface area (Å²) in [5.74, 6) is 0.855. The van der Waals surface area contributed by atoms with Crippen LogP contribution in [-0.2, 0) is 11.8 Å². The van der Waals surface area contributed by atoms with Crippen LogP contribution in [0.15, 0.2) is 17.4 Å². The minimum absolute atomic E-state index is 0.205. The van der Waals surface area contributed by atoms with Crippen LogP contribution in [0.2, 0.25) is 0 Å². The van der Waals surface area contributed by atoms with Crippen LogP contribution in [0.1, 0.15) is 24.9 Å². The van der Waals surface area contributed by atoms with Crippen LogP contribution < -0.4 is 10.6 Å². The molecule has 26 heavy (non-hydrogen) atoms. The molecule has 150 valence electrons. The fourth-order valence-electron chi connectivity index (χ4n) is 2.65. The molecule has 0 aromatic carbocycles. The van der Waals surface area contributed by atoms with Crippen molar-refractivity contribution in [2.75, 3.05) is 67.6 Å². The Morgan fingerprint density at radius 3 is 2.65 bits per heavy atom. The number of hydrogen-bond donors (Lipinski definition) is 2. The van der Waals surface area contributed by atoms with Crippen molar-refractivity contribution in [2.24, 2.45) is 12.0 Å². The Hall–Kier alpha value is -1.64. The lowest BCUT2D eigenvalue weighted by Gasteiger charge is -2.22. The molecule has 0 amide bonds. The lowest BCUT2D eigenvalue weighted by molar-refractivity contribution is 0.180. The number of aliphatic imine (C=N–C) groups is 1. The number of ether oxygens (including phenoxy) is 1. The third-order valence-corrected chi connectivity index (χ3v) is 4.17. The first kappa shape index (κ1) is 22.4. The SMILES string of the molecule is CCNC(=NCC(c1cnn(C)c1)N(C)C)NCCN(C)CCCOC. The largest absolute Gasteiger partial charge is 0.385 e. The van der Waals surface area contributed by atoms with Crippen LogP contribution in [0.3, 0.4) is 0 Å². The molecule has 8 heteroatoms. The van der Waals surface area contributed by atoms with E-state index in [9.17, 15) is 0 Å². The first-order valence-electron chi connectivity index (χ1n) is 9.32. The monoisotopic (exact) mass is 367 g/mol. The second-order valence-electron chi connectivity index (χ2n) is 6.72. The van der Waals surface area contributed by atoms with Gasteiger partial charge in [0.1, 0.15) is 0 Å². The Morgan fingerprint density at radius 1 is 1.31 bits per heavy atom. The summed E-state index contributed by atoms with van der Waals surface area (Å²) < 4.78 is 6.93. The van der Waals surface area contributed by atoms with Crippen LogP contribution in [0, 0.1) is 0 Å². The van der Waals surface area contributed by atoms with E-state index in [2.05, 4.69) is 59.8 Å². The molecule has 1 heterocycles. The van der Waals surface area contributed by atoms with Crippen molar-refractivity contribution in [1.82, 2.24) is 30.2 Å². The van der Waals surface area contributed by atoms with Crippen LogP contribution in [-0.4, -0.2) is 93.1 Å². The topological polar surface area (TPSA) is 70.0 Å². The van der Waals surface area contributed by atoms with Gasteiger partial charge in [-0.1, -0.05) is 0 Å². The van der Waals surface area contributed by atoms with E-state index < -0.39 is 0 Å². The van der Waals surface area contributed by atoms with E-state index in [1.807, 2.05) is 17.9 Å². The van der Waals surface area contributed by atoms with Crippen LogP contribution >= 0.6 is 0 Å². The van der Waals surface area contributed by atoms with Gasteiger partial charge in [0.25, 0.3) is 0 Å². The zero-order chi connectivity index (χ0) is 19.4. The summed E-state index contributed by atoms with van der Waals surface area (Å²) in [6.07, 6.45) is 5.02. The number of nitrogens with zero attached hydrogens (tertiary/aromatic N) is 5. The smallest absolute Gasteiger partial charge is 0.191 e. The Kier molecular flexibility index (Phi) is 10.9. The predicted molar refractivity (Wildman–Crippen MR) is 108 cm³/mol. The molecule has 0 aliphatic rings. The number of aryl methyl sites for hydroxylation is 1. The zero-order valence-electron chi connectivity index (χ0n) is 17.3. The van der Waals surface area contributed by atoms with E-state index in [1.165, 1.54) is 5.56 Å². The molecule has 2 N–H and O–H groups in total. The van der Waals surface area contributed by atoms with Gasteiger partial charge in [0, 0.05) is 58.7 Å². The average molecular weight is 368 g/mol. The molecule has 0 saturated carbocycles. The standard InChI is InChI=1S/C18H37N7O/c1-7-19-18(20-9-11-24(4)10-8-12-26-6)21-14-17(23(2)3)16-13-22-25(5)15-16/h13,15,17H,7-12,14H2,1-6H3,(H2,19,20,21). The molecule has 1 unspecified atom stereocenters. The van der Waals surface area contributed by atoms with Gasteiger partial charge in [-0.3, -0.25) is 9.67 Å². The Morgan fingerprint density at radius 2 is 2.08 bits per heavy atom.